The predicted molar refractivity (Wildman–Crippen MR) is 128 cm³/mol. The Morgan fingerprint density at radius 1 is 1.06 bits per heavy atom. The fourth-order valence-electron chi connectivity index (χ4n) is 4.86. The van der Waals surface area contributed by atoms with Crippen LogP contribution in [0.2, 0.25) is 0 Å². The molecule has 2 aliphatic heterocycles. The van der Waals surface area contributed by atoms with Gasteiger partial charge >= 0.3 is 12.1 Å². The second kappa shape index (κ2) is 9.69. The number of likely N-dealkylation sites (tertiary alicyclic amines) is 1. The van der Waals surface area contributed by atoms with Crippen LogP contribution < -0.4 is 14.2 Å². The largest absolute Gasteiger partial charge is 0.497 e. The van der Waals surface area contributed by atoms with Crippen LogP contribution in [0.25, 0.3) is 5.57 Å². The van der Waals surface area contributed by atoms with Gasteiger partial charge in [-0.15, -0.1) is 0 Å². The van der Waals surface area contributed by atoms with Crippen LogP contribution in [0.1, 0.15) is 48.9 Å². The molecule has 1 saturated heterocycles. The molecular formula is C27H30F3NO5. The molecule has 194 valence electrons. The van der Waals surface area contributed by atoms with Crippen LogP contribution in [0.5, 0.6) is 17.2 Å². The molecule has 2 heterocycles. The number of hydrogen-bond acceptors (Lipinski definition) is 5. The Morgan fingerprint density at radius 3 is 2.33 bits per heavy atom. The van der Waals surface area contributed by atoms with Crippen molar-refractivity contribution in [1.29, 1.82) is 0 Å². The molecule has 9 heteroatoms. The topological polar surface area (TPSA) is 68.2 Å². The average Bonchev–Trinajstić information content (AvgIpc) is 2.98. The second-order valence-corrected chi connectivity index (χ2v) is 9.80. The zero-order chi connectivity index (χ0) is 26.3. The Kier molecular flexibility index (Phi) is 6.96. The molecule has 0 radical (unpaired) electrons. The zero-order valence-electron chi connectivity index (χ0n) is 20.8. The molecular weight excluding hydrogens is 475 g/mol. The smallest absolute Gasteiger partial charge is 0.419 e. The van der Waals surface area contributed by atoms with Crippen molar-refractivity contribution in [3.05, 3.63) is 58.2 Å². The molecule has 0 atom stereocenters. The molecule has 2 aliphatic rings. The van der Waals surface area contributed by atoms with E-state index in [1.165, 1.54) is 20.3 Å². The second-order valence-electron chi connectivity index (χ2n) is 9.80. The van der Waals surface area contributed by atoms with Crippen molar-refractivity contribution in [3.8, 4) is 17.2 Å². The molecule has 4 rings (SSSR count). The molecule has 1 N–H and O–H groups in total. The van der Waals surface area contributed by atoms with Crippen LogP contribution in [-0.4, -0.2) is 49.8 Å². The third kappa shape index (κ3) is 5.02. The summed E-state index contributed by atoms with van der Waals surface area (Å²) in [5.74, 6) is 0.0279. The van der Waals surface area contributed by atoms with Gasteiger partial charge in [0.1, 0.15) is 23.9 Å². The minimum atomic E-state index is -4.59. The Labute approximate surface area is 208 Å². The average molecular weight is 506 g/mol. The SMILES string of the molecule is COc1ccc2c(c1)C(=C1CCN(CC(C)(C)C(=O)O)CC1)c1cc(C(F)(F)F)c(OC)cc1CO2. The predicted octanol–water partition coefficient (Wildman–Crippen LogP) is 5.62. The van der Waals surface area contributed by atoms with Crippen molar-refractivity contribution in [2.24, 2.45) is 5.41 Å². The highest BCUT2D eigenvalue weighted by atomic mass is 19.4. The number of benzene rings is 2. The number of fused-ring (bicyclic) bond motifs is 2. The van der Waals surface area contributed by atoms with Gasteiger partial charge in [-0.2, -0.15) is 13.2 Å². The third-order valence-corrected chi connectivity index (χ3v) is 6.85. The number of methoxy groups -OCH3 is 2. The molecule has 2 aromatic rings. The van der Waals surface area contributed by atoms with Crippen molar-refractivity contribution >= 4 is 11.5 Å². The van der Waals surface area contributed by atoms with Gasteiger partial charge in [-0.1, -0.05) is 5.57 Å². The van der Waals surface area contributed by atoms with Crippen LogP contribution >= 0.6 is 0 Å². The van der Waals surface area contributed by atoms with Crippen molar-refractivity contribution in [2.75, 3.05) is 33.9 Å². The van der Waals surface area contributed by atoms with Crippen LogP contribution in [0.4, 0.5) is 13.2 Å². The van der Waals surface area contributed by atoms with E-state index in [-0.39, 0.29) is 12.4 Å². The van der Waals surface area contributed by atoms with Crippen molar-refractivity contribution in [3.63, 3.8) is 0 Å². The maximum Gasteiger partial charge on any atom is 0.419 e. The summed E-state index contributed by atoms with van der Waals surface area (Å²) in [5, 5.41) is 9.50. The number of nitrogens with zero attached hydrogens (tertiary/aromatic N) is 1. The van der Waals surface area contributed by atoms with Gasteiger partial charge in [0.2, 0.25) is 0 Å². The number of hydrogen-bond donors (Lipinski definition) is 1. The van der Waals surface area contributed by atoms with Crippen LogP contribution in [0.15, 0.2) is 35.9 Å². The molecule has 36 heavy (non-hydrogen) atoms. The number of alkyl halides is 3. The first kappa shape index (κ1) is 25.9. The summed E-state index contributed by atoms with van der Waals surface area (Å²) < 4.78 is 58.4. The molecule has 6 nitrogen and oxygen atoms in total. The van der Waals surface area contributed by atoms with E-state index >= 15 is 0 Å². The lowest BCUT2D eigenvalue weighted by molar-refractivity contribution is -0.148. The number of aliphatic carboxylic acids is 1. The number of rotatable bonds is 5. The summed E-state index contributed by atoms with van der Waals surface area (Å²) in [6.07, 6.45) is -3.41. The lowest BCUT2D eigenvalue weighted by Gasteiger charge is -2.34. The summed E-state index contributed by atoms with van der Waals surface area (Å²) in [5.41, 5.74) is 1.72. The molecule has 2 aromatic carbocycles. The van der Waals surface area contributed by atoms with Crippen molar-refractivity contribution < 1.29 is 37.3 Å². The van der Waals surface area contributed by atoms with Gasteiger partial charge in [0.15, 0.2) is 0 Å². The summed E-state index contributed by atoms with van der Waals surface area (Å²) >= 11 is 0. The Morgan fingerprint density at radius 2 is 1.75 bits per heavy atom. The van der Waals surface area contributed by atoms with Gasteiger partial charge < -0.3 is 24.2 Å². The molecule has 0 aliphatic carbocycles. The fourth-order valence-corrected chi connectivity index (χ4v) is 4.86. The standard InChI is InChI=1S/C27H30F3NO5/c1-26(2,25(32)33)15-31-9-7-16(8-10-31)24-19-13-21(27(28,29)30)23(35-4)11-17(19)14-36-22-6-5-18(34-3)12-20(22)24/h5-6,11-13H,7-10,14-15H2,1-4H3,(H,32,33). The van der Waals surface area contributed by atoms with E-state index in [2.05, 4.69) is 4.90 Å². The maximum atomic E-state index is 14.0. The van der Waals surface area contributed by atoms with Crippen LogP contribution in [0.3, 0.4) is 0 Å². The Balaban J connectivity index is 1.84. The third-order valence-electron chi connectivity index (χ3n) is 6.85. The van der Waals surface area contributed by atoms with E-state index in [1.54, 1.807) is 32.0 Å². The first-order chi connectivity index (χ1) is 16.9. The van der Waals surface area contributed by atoms with E-state index in [0.717, 1.165) is 11.6 Å². The van der Waals surface area contributed by atoms with Crippen LogP contribution in [-0.2, 0) is 17.6 Å². The number of piperidine rings is 1. The molecule has 0 aromatic heterocycles. The van der Waals surface area contributed by atoms with Gasteiger partial charge in [0.05, 0.1) is 25.2 Å². The van der Waals surface area contributed by atoms with Gasteiger partial charge in [-0.3, -0.25) is 4.79 Å². The van der Waals surface area contributed by atoms with E-state index in [9.17, 15) is 23.1 Å². The molecule has 1 fully saturated rings. The summed E-state index contributed by atoms with van der Waals surface area (Å²) in [7, 11) is 2.76. The van der Waals surface area contributed by atoms with Crippen molar-refractivity contribution in [1.82, 2.24) is 4.90 Å². The number of ether oxygens (including phenoxy) is 3. The monoisotopic (exact) mass is 505 g/mol. The summed E-state index contributed by atoms with van der Waals surface area (Å²) in [4.78, 5) is 13.7. The van der Waals surface area contributed by atoms with E-state index in [0.29, 0.717) is 66.2 Å². The minimum Gasteiger partial charge on any atom is -0.497 e. The van der Waals surface area contributed by atoms with Gasteiger partial charge in [0, 0.05) is 30.8 Å². The van der Waals surface area contributed by atoms with Crippen molar-refractivity contribution in [2.45, 2.75) is 39.5 Å². The lowest BCUT2D eigenvalue weighted by Crippen LogP contribution is -2.42. The fraction of sp³-hybridized carbons (Fsp3) is 0.444. The number of carbonyl (C=O) groups is 1. The van der Waals surface area contributed by atoms with Gasteiger partial charge in [-0.25, -0.2) is 0 Å². The lowest BCUT2D eigenvalue weighted by atomic mass is 9.84. The number of halogens is 3. The van der Waals surface area contributed by atoms with E-state index in [1.807, 2.05) is 0 Å². The highest BCUT2D eigenvalue weighted by Crippen LogP contribution is 2.46. The normalized spacial score (nSPS) is 16.5. The zero-order valence-corrected chi connectivity index (χ0v) is 20.8. The number of carboxylic acids is 1. The quantitative estimate of drug-likeness (QED) is 0.569. The molecule has 0 spiro atoms. The Hall–Kier alpha value is -3.20. The molecule has 0 amide bonds. The van der Waals surface area contributed by atoms with Crippen LogP contribution in [0, 0.1) is 5.41 Å². The molecule has 0 saturated carbocycles. The summed E-state index contributed by atoms with van der Waals surface area (Å²) in [6, 6.07) is 7.90. The first-order valence-corrected chi connectivity index (χ1v) is 11.7. The molecule has 0 bridgehead atoms. The molecule has 0 unspecified atom stereocenters. The van der Waals surface area contributed by atoms with E-state index in [4.69, 9.17) is 14.2 Å². The number of carboxylic acid groups (broad SMARTS) is 1. The highest BCUT2D eigenvalue weighted by Gasteiger charge is 2.37. The maximum absolute atomic E-state index is 14.0. The van der Waals surface area contributed by atoms with E-state index < -0.39 is 23.1 Å². The summed E-state index contributed by atoms with van der Waals surface area (Å²) in [6.45, 7) is 5.08. The Bertz CT molecular complexity index is 1190. The minimum absolute atomic E-state index is 0.0961. The van der Waals surface area contributed by atoms with Gasteiger partial charge in [0.25, 0.3) is 0 Å². The van der Waals surface area contributed by atoms with Gasteiger partial charge in [-0.05, 0) is 68.2 Å². The highest BCUT2D eigenvalue weighted by molar-refractivity contribution is 5.88. The first-order valence-electron chi connectivity index (χ1n) is 11.7.